The van der Waals surface area contributed by atoms with E-state index in [0.29, 0.717) is 42.4 Å². The van der Waals surface area contributed by atoms with Crippen LogP contribution in [0.25, 0.3) is 0 Å². The fourth-order valence-electron chi connectivity index (χ4n) is 2.47. The van der Waals surface area contributed by atoms with Gasteiger partial charge in [0.15, 0.2) is 0 Å². The van der Waals surface area contributed by atoms with Crippen molar-refractivity contribution in [3.63, 3.8) is 0 Å². The van der Waals surface area contributed by atoms with Crippen LogP contribution in [0.5, 0.6) is 0 Å². The second-order valence-corrected chi connectivity index (χ2v) is 14.4. The molecule has 3 aliphatic rings. The molecule has 1 aliphatic heterocycles. The van der Waals surface area contributed by atoms with Gasteiger partial charge in [0, 0.05) is 0 Å². The molecule has 0 radical (unpaired) electrons. The number of hydrogen-bond acceptors (Lipinski definition) is 0. The van der Waals surface area contributed by atoms with Gasteiger partial charge in [-0.2, -0.15) is 0 Å². The van der Waals surface area contributed by atoms with Gasteiger partial charge in [0.2, 0.25) is 0 Å². The summed E-state index contributed by atoms with van der Waals surface area (Å²) in [5.41, 5.74) is 0. The monoisotopic (exact) mass is 362 g/mol. The molecule has 10 heavy (non-hydrogen) atoms. The Hall–Kier alpha value is 1.46. The molecular formula is C8H12I2-2. The van der Waals surface area contributed by atoms with Crippen LogP contribution in [0.15, 0.2) is 0 Å². The van der Waals surface area contributed by atoms with E-state index in [4.69, 9.17) is 0 Å². The molecule has 0 aromatic rings. The van der Waals surface area contributed by atoms with Crippen molar-refractivity contribution in [2.75, 3.05) is 0 Å². The van der Waals surface area contributed by atoms with Gasteiger partial charge in [-0.05, 0) is 0 Å². The third-order valence-corrected chi connectivity index (χ3v) is 13.3. The molecule has 0 aromatic carbocycles. The van der Waals surface area contributed by atoms with Crippen LogP contribution in [-0.4, -0.2) is 9.78 Å². The van der Waals surface area contributed by atoms with Crippen LogP contribution in [0.4, 0.5) is 0 Å². The molecule has 3 rings (SSSR count). The normalized spacial score (nSPS) is 65.5. The van der Waals surface area contributed by atoms with E-state index in [-0.39, 0.29) is 0 Å². The average molecular weight is 362 g/mol. The molecule has 0 amide bonds. The van der Waals surface area contributed by atoms with Gasteiger partial charge in [-0.3, -0.25) is 0 Å². The Morgan fingerprint density at radius 2 is 1.70 bits per heavy atom. The maximum atomic E-state index is 2.54. The minimum atomic E-state index is 0.688. The van der Waals surface area contributed by atoms with Crippen molar-refractivity contribution in [3.05, 3.63) is 0 Å². The van der Waals surface area contributed by atoms with Crippen molar-refractivity contribution in [1.82, 2.24) is 0 Å². The third kappa shape index (κ3) is 0.780. The van der Waals surface area contributed by atoms with Crippen molar-refractivity contribution in [1.29, 1.82) is 0 Å². The Labute approximate surface area is 83.0 Å². The Kier molecular flexibility index (Phi) is 1.55. The van der Waals surface area contributed by atoms with Crippen LogP contribution in [0.3, 0.4) is 0 Å². The molecule has 2 atom stereocenters. The first-order valence-electron chi connectivity index (χ1n) is 4.08. The maximum absolute atomic E-state index is 2.54. The summed E-state index contributed by atoms with van der Waals surface area (Å²) in [4.78, 5) is 0. The van der Waals surface area contributed by atoms with Crippen LogP contribution in [0, 0.1) is 11.8 Å². The van der Waals surface area contributed by atoms with Crippen LogP contribution < -0.4 is 42.4 Å². The third-order valence-electron chi connectivity index (χ3n) is 3.11. The Bertz CT molecular complexity index is 153. The molecule has 0 nitrogen and oxygen atoms in total. The fraction of sp³-hybridized carbons (Fsp3) is 1.00. The van der Waals surface area contributed by atoms with E-state index in [2.05, 4.69) is 6.92 Å². The number of rotatable bonds is 0. The van der Waals surface area contributed by atoms with Crippen LogP contribution >= 0.6 is 0 Å². The summed E-state index contributed by atoms with van der Waals surface area (Å²) in [6.07, 6.45) is 3.34. The summed E-state index contributed by atoms with van der Waals surface area (Å²) in [7, 11) is 0. The SMILES string of the molecule is CC1[I-]C2CC3CC([I-]1)C32. The van der Waals surface area contributed by atoms with E-state index in [1.54, 1.807) is 12.8 Å². The predicted octanol–water partition coefficient (Wildman–Crippen LogP) is -4.70. The molecule has 2 aliphatic carbocycles. The van der Waals surface area contributed by atoms with Gasteiger partial charge in [0.05, 0.1) is 0 Å². The Morgan fingerprint density at radius 3 is 2.20 bits per heavy atom. The van der Waals surface area contributed by atoms with Gasteiger partial charge in [-0.1, -0.05) is 0 Å². The van der Waals surface area contributed by atoms with Crippen LogP contribution in [-0.2, 0) is 0 Å². The zero-order chi connectivity index (χ0) is 6.72. The second kappa shape index (κ2) is 2.24. The van der Waals surface area contributed by atoms with Gasteiger partial charge < -0.3 is 0 Å². The first kappa shape index (κ1) is 6.92. The van der Waals surface area contributed by atoms with E-state index in [9.17, 15) is 0 Å². The van der Waals surface area contributed by atoms with E-state index >= 15 is 0 Å². The van der Waals surface area contributed by atoms with Gasteiger partial charge in [0.25, 0.3) is 0 Å². The molecular weight excluding hydrogens is 350 g/mol. The molecule has 2 saturated carbocycles. The average Bonchev–Trinajstić information content (AvgIpc) is 1.78. The Balaban J connectivity index is 1.80. The van der Waals surface area contributed by atoms with E-state index in [1.807, 2.05) is 0 Å². The molecule has 3 fully saturated rings. The molecule has 1 heterocycles. The first-order valence-corrected chi connectivity index (χ1v) is 9.07. The van der Waals surface area contributed by atoms with E-state index < -0.39 is 0 Å². The van der Waals surface area contributed by atoms with Crippen molar-refractivity contribution < 1.29 is 42.4 Å². The number of alkyl halides is 4. The minimum absolute atomic E-state index is 0.688. The van der Waals surface area contributed by atoms with Crippen LogP contribution in [0.1, 0.15) is 19.8 Å². The zero-order valence-electron chi connectivity index (χ0n) is 6.06. The van der Waals surface area contributed by atoms with E-state index in [1.165, 1.54) is 21.6 Å². The second-order valence-electron chi connectivity index (χ2n) is 3.61. The van der Waals surface area contributed by atoms with Crippen molar-refractivity contribution in [2.24, 2.45) is 11.8 Å². The summed E-state index contributed by atoms with van der Waals surface area (Å²) in [6, 6.07) is 0. The molecule has 0 aromatic heterocycles. The number of halogens is 2. The molecule has 2 heteroatoms. The number of hydrogen-bond donors (Lipinski definition) is 0. The molecule has 0 N–H and O–H groups in total. The predicted molar refractivity (Wildman–Crippen MR) is 33.3 cm³/mol. The topological polar surface area (TPSA) is 0 Å². The summed E-state index contributed by atoms with van der Waals surface area (Å²) in [5.74, 6) is 2.60. The molecule has 2 unspecified atom stereocenters. The first-order chi connectivity index (χ1) is 4.84. The fourth-order valence-corrected chi connectivity index (χ4v) is 16.7. The standard InChI is InChI=1S/C8H12I2/c1-4-9-6-2-5-3-7(10-4)8(5)6/h4-8H,2-3H2,1H3/q-2. The van der Waals surface area contributed by atoms with Crippen molar-refractivity contribution in [2.45, 2.75) is 29.5 Å². The van der Waals surface area contributed by atoms with Crippen molar-refractivity contribution >= 4 is 0 Å². The van der Waals surface area contributed by atoms with Gasteiger partial charge >= 0.3 is 83.8 Å². The summed E-state index contributed by atoms with van der Waals surface area (Å²) in [5, 5.41) is 0. The molecule has 1 saturated heterocycles. The summed E-state index contributed by atoms with van der Waals surface area (Å²) in [6.45, 7) is 2.54. The Morgan fingerprint density at radius 1 is 1.10 bits per heavy atom. The summed E-state index contributed by atoms with van der Waals surface area (Å²) < 4.78 is 3.93. The van der Waals surface area contributed by atoms with Crippen molar-refractivity contribution in [3.8, 4) is 0 Å². The van der Waals surface area contributed by atoms with Gasteiger partial charge in [-0.25, -0.2) is 0 Å². The van der Waals surface area contributed by atoms with Gasteiger partial charge in [0.1, 0.15) is 0 Å². The zero-order valence-corrected chi connectivity index (χ0v) is 10.4. The van der Waals surface area contributed by atoms with E-state index in [0.717, 1.165) is 0 Å². The van der Waals surface area contributed by atoms with Gasteiger partial charge in [-0.15, -0.1) is 0 Å². The molecule has 0 bridgehead atoms. The van der Waals surface area contributed by atoms with Crippen LogP contribution in [0.2, 0.25) is 0 Å². The quantitative estimate of drug-likeness (QED) is 0.300. The summed E-state index contributed by atoms with van der Waals surface area (Å²) >= 11 is 1.38. The molecule has 60 valence electrons. The molecule has 0 spiro atoms.